The number of rotatable bonds is 5. The molecule has 2 N–H and O–H groups in total. The third kappa shape index (κ3) is 3.20. The van der Waals surface area contributed by atoms with E-state index in [9.17, 15) is 14.4 Å². The van der Waals surface area contributed by atoms with Gasteiger partial charge in [-0.15, -0.1) is 0 Å². The van der Waals surface area contributed by atoms with Gasteiger partial charge in [-0.25, -0.2) is 0 Å². The molecule has 4 aromatic rings. The minimum absolute atomic E-state index is 0.0246. The van der Waals surface area contributed by atoms with Gasteiger partial charge >= 0.3 is 0 Å². The molecule has 0 saturated heterocycles. The van der Waals surface area contributed by atoms with E-state index in [1.165, 1.54) is 6.92 Å². The number of ketones is 2. The number of hydrogen-bond donors (Lipinski definition) is 2. The van der Waals surface area contributed by atoms with Crippen LogP contribution >= 0.6 is 0 Å². The van der Waals surface area contributed by atoms with Crippen LogP contribution in [0.5, 0.6) is 0 Å². The fraction of sp³-hybridized carbons (Fsp3) is 0.136. The van der Waals surface area contributed by atoms with Crippen molar-refractivity contribution < 1.29 is 18.8 Å². The zero-order valence-electron chi connectivity index (χ0n) is 15.5. The molecular formula is C22H18N2O4. The van der Waals surface area contributed by atoms with Crippen LogP contribution in [0.2, 0.25) is 0 Å². The molecule has 0 fully saturated rings. The number of furan rings is 1. The van der Waals surface area contributed by atoms with Crippen LogP contribution in [-0.2, 0) is 0 Å². The maximum atomic E-state index is 12.6. The smallest absolute Gasteiger partial charge is 0.272 e. The third-order valence-corrected chi connectivity index (χ3v) is 4.64. The number of nitrogens with one attached hydrogen (secondary N) is 2. The van der Waals surface area contributed by atoms with E-state index in [0.29, 0.717) is 34.7 Å². The topological polar surface area (TPSA) is 92.2 Å². The number of benzene rings is 2. The van der Waals surface area contributed by atoms with Crippen molar-refractivity contribution in [3.8, 4) is 0 Å². The molecule has 0 aliphatic carbocycles. The molecule has 0 unspecified atom stereocenters. The van der Waals surface area contributed by atoms with E-state index in [-0.39, 0.29) is 17.5 Å². The Morgan fingerprint density at radius 1 is 1.00 bits per heavy atom. The summed E-state index contributed by atoms with van der Waals surface area (Å²) in [5.74, 6) is -0.0700. The standard InChI is InChI=1S/C22H18N2O4/c1-3-19(26)21-11-15-9-16(5-7-20(15)28-21)23-22(27)18-10-14-8-13(12(2)25)4-6-17(14)24-18/h4-11,24H,3H2,1-2H3,(H,23,27). The van der Waals surface area contributed by atoms with Gasteiger partial charge in [-0.1, -0.05) is 6.92 Å². The first kappa shape index (κ1) is 17.7. The number of H-pyrrole nitrogens is 1. The van der Waals surface area contributed by atoms with E-state index in [2.05, 4.69) is 10.3 Å². The maximum Gasteiger partial charge on any atom is 0.272 e. The van der Waals surface area contributed by atoms with E-state index in [1.807, 2.05) is 0 Å². The second kappa shape index (κ2) is 6.81. The van der Waals surface area contributed by atoms with Crippen LogP contribution in [0.4, 0.5) is 5.69 Å². The lowest BCUT2D eigenvalue weighted by Crippen LogP contribution is -2.11. The SMILES string of the molecule is CCC(=O)c1cc2cc(NC(=O)c3cc4cc(C(C)=O)ccc4[nH]3)ccc2o1. The first-order valence-electron chi connectivity index (χ1n) is 8.96. The van der Waals surface area contributed by atoms with Gasteiger partial charge in [-0.3, -0.25) is 14.4 Å². The first-order chi connectivity index (χ1) is 13.4. The zero-order valence-corrected chi connectivity index (χ0v) is 15.5. The molecule has 28 heavy (non-hydrogen) atoms. The van der Waals surface area contributed by atoms with Crippen molar-refractivity contribution in [1.82, 2.24) is 4.98 Å². The third-order valence-electron chi connectivity index (χ3n) is 4.64. The molecular weight excluding hydrogens is 356 g/mol. The van der Waals surface area contributed by atoms with Crippen molar-refractivity contribution in [3.05, 3.63) is 65.5 Å². The normalized spacial score (nSPS) is 11.1. The van der Waals surface area contributed by atoms with Crippen LogP contribution in [-0.4, -0.2) is 22.5 Å². The molecule has 6 heteroatoms. The number of aromatic amines is 1. The van der Waals surface area contributed by atoms with Gasteiger partial charge in [-0.05, 0) is 55.5 Å². The van der Waals surface area contributed by atoms with Gasteiger partial charge in [0.05, 0.1) is 0 Å². The Hall–Kier alpha value is -3.67. The second-order valence-electron chi connectivity index (χ2n) is 6.64. The van der Waals surface area contributed by atoms with Gasteiger partial charge in [0.25, 0.3) is 5.91 Å². The molecule has 0 radical (unpaired) electrons. The average molecular weight is 374 g/mol. The monoisotopic (exact) mass is 374 g/mol. The predicted octanol–water partition coefficient (Wildman–Crippen LogP) is 4.96. The van der Waals surface area contributed by atoms with Crippen LogP contribution in [0.3, 0.4) is 0 Å². The van der Waals surface area contributed by atoms with Gasteiger partial charge in [0.1, 0.15) is 11.3 Å². The van der Waals surface area contributed by atoms with Gasteiger partial charge in [0, 0.05) is 34.0 Å². The summed E-state index contributed by atoms with van der Waals surface area (Å²) in [6, 6.07) is 13.9. The highest BCUT2D eigenvalue weighted by atomic mass is 16.3. The lowest BCUT2D eigenvalue weighted by molar-refractivity contribution is 0.0962. The molecule has 1 amide bonds. The number of carbonyl (C=O) groups excluding carboxylic acids is 3. The molecule has 0 bridgehead atoms. The number of fused-ring (bicyclic) bond motifs is 2. The average Bonchev–Trinajstić information content (AvgIpc) is 3.30. The summed E-state index contributed by atoms with van der Waals surface area (Å²) in [7, 11) is 0. The van der Waals surface area contributed by atoms with Crippen LogP contribution in [0.25, 0.3) is 21.9 Å². The molecule has 2 aromatic heterocycles. The van der Waals surface area contributed by atoms with Crippen molar-refractivity contribution in [2.75, 3.05) is 5.32 Å². The number of hydrogen-bond acceptors (Lipinski definition) is 4. The van der Waals surface area contributed by atoms with E-state index in [0.717, 1.165) is 16.3 Å². The summed E-state index contributed by atoms with van der Waals surface area (Å²) >= 11 is 0. The van der Waals surface area contributed by atoms with Crippen molar-refractivity contribution in [1.29, 1.82) is 0 Å². The molecule has 2 aromatic carbocycles. The molecule has 0 spiro atoms. The van der Waals surface area contributed by atoms with Crippen LogP contribution < -0.4 is 5.32 Å². The summed E-state index contributed by atoms with van der Waals surface area (Å²) in [6.07, 6.45) is 0.370. The van der Waals surface area contributed by atoms with E-state index in [4.69, 9.17) is 4.42 Å². The maximum absolute atomic E-state index is 12.6. The summed E-state index contributed by atoms with van der Waals surface area (Å²) in [4.78, 5) is 39.0. The van der Waals surface area contributed by atoms with Crippen LogP contribution in [0.1, 0.15) is 51.7 Å². The Morgan fingerprint density at radius 2 is 1.82 bits per heavy atom. The number of Topliss-reactive ketones (excluding diaryl/α,β-unsaturated/α-hetero) is 2. The molecule has 0 aliphatic rings. The molecule has 0 atom stereocenters. The molecule has 140 valence electrons. The zero-order chi connectivity index (χ0) is 19.8. The lowest BCUT2D eigenvalue weighted by Gasteiger charge is -2.03. The predicted molar refractivity (Wildman–Crippen MR) is 107 cm³/mol. The van der Waals surface area contributed by atoms with E-state index < -0.39 is 0 Å². The highest BCUT2D eigenvalue weighted by Gasteiger charge is 2.14. The Morgan fingerprint density at radius 3 is 2.57 bits per heavy atom. The fourth-order valence-electron chi connectivity index (χ4n) is 3.11. The van der Waals surface area contributed by atoms with Crippen LogP contribution in [0, 0.1) is 0 Å². The minimum atomic E-state index is -0.298. The molecule has 2 heterocycles. The quantitative estimate of drug-likeness (QED) is 0.483. The van der Waals surface area contributed by atoms with Crippen molar-refractivity contribution in [3.63, 3.8) is 0 Å². The Balaban J connectivity index is 1.59. The number of anilines is 1. The number of amides is 1. The molecule has 6 nitrogen and oxygen atoms in total. The Bertz CT molecular complexity index is 1250. The van der Waals surface area contributed by atoms with Crippen molar-refractivity contribution in [2.24, 2.45) is 0 Å². The summed E-state index contributed by atoms with van der Waals surface area (Å²) in [5, 5.41) is 4.38. The Labute approximate surface area is 160 Å². The van der Waals surface area contributed by atoms with Gasteiger partial charge in [-0.2, -0.15) is 0 Å². The van der Waals surface area contributed by atoms with Crippen LogP contribution in [0.15, 0.2) is 52.9 Å². The molecule has 0 aliphatic heterocycles. The summed E-state index contributed by atoms with van der Waals surface area (Å²) < 4.78 is 5.54. The van der Waals surface area contributed by atoms with Gasteiger partial charge in [0.2, 0.25) is 0 Å². The van der Waals surface area contributed by atoms with Gasteiger partial charge in [0.15, 0.2) is 17.3 Å². The fourth-order valence-corrected chi connectivity index (χ4v) is 3.11. The van der Waals surface area contributed by atoms with E-state index in [1.54, 1.807) is 55.5 Å². The number of aromatic nitrogens is 1. The first-order valence-corrected chi connectivity index (χ1v) is 8.96. The summed E-state index contributed by atoms with van der Waals surface area (Å²) in [6.45, 7) is 3.29. The molecule has 0 saturated carbocycles. The van der Waals surface area contributed by atoms with E-state index >= 15 is 0 Å². The van der Waals surface area contributed by atoms with Gasteiger partial charge < -0.3 is 14.7 Å². The lowest BCUT2D eigenvalue weighted by atomic mass is 10.1. The largest absolute Gasteiger partial charge is 0.453 e. The Kier molecular flexibility index (Phi) is 4.31. The highest BCUT2D eigenvalue weighted by molar-refractivity contribution is 6.07. The summed E-state index contributed by atoms with van der Waals surface area (Å²) in [5.41, 5.74) is 2.96. The van der Waals surface area contributed by atoms with Crippen molar-refractivity contribution in [2.45, 2.75) is 20.3 Å². The second-order valence-corrected chi connectivity index (χ2v) is 6.64. The number of carbonyl (C=O) groups is 3. The molecule has 4 rings (SSSR count). The minimum Gasteiger partial charge on any atom is -0.453 e. The van der Waals surface area contributed by atoms with Crippen molar-refractivity contribution >= 4 is 45.0 Å². The highest BCUT2D eigenvalue weighted by Crippen LogP contribution is 2.25.